The van der Waals surface area contributed by atoms with Crippen molar-refractivity contribution < 1.29 is 0 Å². The van der Waals surface area contributed by atoms with Gasteiger partial charge in [-0.15, -0.1) is 0 Å². The van der Waals surface area contributed by atoms with E-state index in [1.165, 1.54) is 88.2 Å². The van der Waals surface area contributed by atoms with E-state index in [9.17, 15) is 0 Å². The van der Waals surface area contributed by atoms with Crippen LogP contribution in [-0.4, -0.2) is 4.57 Å². The number of anilines is 3. The smallest absolute Gasteiger partial charge is 0.0547 e. The molecule has 1 aromatic heterocycles. The van der Waals surface area contributed by atoms with Crippen molar-refractivity contribution in [1.29, 1.82) is 0 Å². The lowest BCUT2D eigenvalue weighted by Gasteiger charge is -2.29. The van der Waals surface area contributed by atoms with Gasteiger partial charge in [-0.1, -0.05) is 226 Å². The molecule has 0 saturated carbocycles. The zero-order valence-corrected chi connectivity index (χ0v) is 42.0. The van der Waals surface area contributed by atoms with E-state index in [4.69, 9.17) is 0 Å². The number of hydrogen-bond acceptors (Lipinski definition) is 1. The van der Waals surface area contributed by atoms with Crippen LogP contribution in [0.2, 0.25) is 0 Å². The van der Waals surface area contributed by atoms with Crippen LogP contribution >= 0.6 is 0 Å². The van der Waals surface area contributed by atoms with Gasteiger partial charge in [0.15, 0.2) is 0 Å². The maximum atomic E-state index is 2.46. The first-order chi connectivity index (χ1) is 36.9. The third-order valence-electron chi connectivity index (χ3n) is 15.8. The summed E-state index contributed by atoms with van der Waals surface area (Å²) in [6.07, 6.45) is 0. The number of nitrogens with zero attached hydrogens (tertiary/aromatic N) is 2. The minimum absolute atomic E-state index is 0.159. The van der Waals surface area contributed by atoms with Crippen molar-refractivity contribution >= 4 is 49.6 Å². The second-order valence-electron chi connectivity index (χ2n) is 20.5. The summed E-state index contributed by atoms with van der Waals surface area (Å²) in [5.74, 6) is 0. The van der Waals surface area contributed by atoms with Gasteiger partial charge in [-0.3, -0.25) is 0 Å². The Kier molecular flexibility index (Phi) is 10.6. The number of rotatable bonds is 9. The molecule has 0 unspecified atom stereocenters. The molecule has 0 bridgehead atoms. The molecule has 0 radical (unpaired) electrons. The van der Waals surface area contributed by atoms with Crippen LogP contribution < -0.4 is 4.90 Å². The lowest BCUT2D eigenvalue weighted by molar-refractivity contribution is 0.660. The van der Waals surface area contributed by atoms with Crippen molar-refractivity contribution in [1.82, 2.24) is 4.57 Å². The van der Waals surface area contributed by atoms with E-state index in [0.29, 0.717) is 0 Å². The molecule has 13 aromatic rings. The first-order valence-electron chi connectivity index (χ1n) is 26.1. The van der Waals surface area contributed by atoms with Gasteiger partial charge in [0.1, 0.15) is 0 Å². The highest BCUT2D eigenvalue weighted by molar-refractivity contribution is 6.10. The summed E-state index contributed by atoms with van der Waals surface area (Å²) < 4.78 is 2.39. The number of para-hydroxylation sites is 2. The minimum atomic E-state index is -0.159. The summed E-state index contributed by atoms with van der Waals surface area (Å²) in [5, 5.41) is 5.01. The monoisotopic (exact) mass is 956 g/mol. The van der Waals surface area contributed by atoms with Gasteiger partial charge < -0.3 is 9.47 Å². The Labute approximate surface area is 438 Å². The highest BCUT2D eigenvalue weighted by Crippen LogP contribution is 2.51. The number of aromatic nitrogens is 1. The molecule has 354 valence electrons. The van der Waals surface area contributed by atoms with E-state index in [1.54, 1.807) is 0 Å². The van der Waals surface area contributed by atoms with Crippen LogP contribution in [0.25, 0.3) is 105 Å². The predicted octanol–water partition coefficient (Wildman–Crippen LogP) is 20.0. The molecular formula is C73H52N2. The van der Waals surface area contributed by atoms with Gasteiger partial charge in [-0.25, -0.2) is 0 Å². The highest BCUT2D eigenvalue weighted by atomic mass is 15.1. The van der Waals surface area contributed by atoms with Crippen molar-refractivity contribution in [3.05, 3.63) is 290 Å². The van der Waals surface area contributed by atoms with Crippen molar-refractivity contribution in [3.8, 4) is 72.4 Å². The quantitative estimate of drug-likeness (QED) is 0.140. The summed E-state index contributed by atoms with van der Waals surface area (Å²) >= 11 is 0. The van der Waals surface area contributed by atoms with Crippen LogP contribution in [0.3, 0.4) is 0 Å². The van der Waals surface area contributed by atoms with Crippen molar-refractivity contribution in [2.24, 2.45) is 0 Å². The van der Waals surface area contributed by atoms with Crippen LogP contribution in [0, 0.1) is 0 Å². The van der Waals surface area contributed by atoms with Crippen LogP contribution in [-0.2, 0) is 5.41 Å². The summed E-state index contributed by atoms with van der Waals surface area (Å²) in [7, 11) is 0. The molecule has 75 heavy (non-hydrogen) atoms. The fourth-order valence-electron chi connectivity index (χ4n) is 12.0. The van der Waals surface area contributed by atoms with Gasteiger partial charge in [0.25, 0.3) is 0 Å². The fourth-order valence-corrected chi connectivity index (χ4v) is 12.0. The van der Waals surface area contributed by atoms with E-state index in [2.05, 4.69) is 302 Å². The Morgan fingerprint density at radius 1 is 0.280 bits per heavy atom. The standard InChI is InChI=1S/C73H52N2/c1-73(2)69-26-13-11-23-65(69)66-43-41-61(48-70(66)73)74(60-39-36-50(37-40-60)49-16-5-3-6-17-49)62-45-57(44-58(46-62)53-32-34-55(35-33-53)64-25-15-19-54-18-9-10-22-63(54)64)52-30-28-51(29-31-52)56-38-42-68-67-24-12-14-27-71(67)75(72(68)47-56)59-20-7-4-8-21-59/h3-48H,1-2H3. The molecule has 12 aromatic carbocycles. The Morgan fingerprint density at radius 3 is 1.53 bits per heavy atom. The molecule has 2 nitrogen and oxygen atoms in total. The summed E-state index contributed by atoms with van der Waals surface area (Å²) in [6, 6.07) is 103. The van der Waals surface area contributed by atoms with Crippen LogP contribution in [0.5, 0.6) is 0 Å². The third kappa shape index (κ3) is 7.65. The second-order valence-corrected chi connectivity index (χ2v) is 20.5. The van der Waals surface area contributed by atoms with E-state index < -0.39 is 0 Å². The lowest BCUT2D eigenvalue weighted by atomic mass is 9.82. The molecule has 2 heteroatoms. The average molecular weight is 957 g/mol. The Balaban J connectivity index is 0.920. The Bertz CT molecular complexity index is 4270. The van der Waals surface area contributed by atoms with Gasteiger partial charge in [0.05, 0.1) is 11.0 Å². The Morgan fingerprint density at radius 2 is 0.787 bits per heavy atom. The van der Waals surface area contributed by atoms with Gasteiger partial charge in [0.2, 0.25) is 0 Å². The first kappa shape index (κ1) is 44.2. The van der Waals surface area contributed by atoms with Gasteiger partial charge in [-0.2, -0.15) is 0 Å². The average Bonchev–Trinajstić information content (AvgIpc) is 3.93. The van der Waals surface area contributed by atoms with E-state index in [-0.39, 0.29) is 5.41 Å². The molecule has 0 spiro atoms. The van der Waals surface area contributed by atoms with Gasteiger partial charge >= 0.3 is 0 Å². The van der Waals surface area contributed by atoms with E-state index >= 15 is 0 Å². The van der Waals surface area contributed by atoms with E-state index in [1.807, 2.05) is 0 Å². The van der Waals surface area contributed by atoms with Gasteiger partial charge in [0, 0.05) is 38.9 Å². The van der Waals surface area contributed by atoms with Crippen LogP contribution in [0.15, 0.2) is 279 Å². The summed E-state index contributed by atoms with van der Waals surface area (Å²) in [4.78, 5) is 2.46. The highest BCUT2D eigenvalue weighted by Gasteiger charge is 2.36. The van der Waals surface area contributed by atoms with Crippen molar-refractivity contribution in [3.63, 3.8) is 0 Å². The molecule has 0 amide bonds. The zero-order valence-electron chi connectivity index (χ0n) is 42.0. The molecule has 1 heterocycles. The molecule has 0 saturated heterocycles. The molecule has 1 aliphatic carbocycles. The second kappa shape index (κ2) is 17.9. The van der Waals surface area contributed by atoms with Crippen molar-refractivity contribution in [2.75, 3.05) is 4.90 Å². The first-order valence-corrected chi connectivity index (χ1v) is 26.1. The fraction of sp³-hybridized carbons (Fsp3) is 0.0411. The SMILES string of the molecule is CC1(C)c2ccccc2-c2ccc(N(c3ccc(-c4ccccc4)cc3)c3cc(-c4ccc(-c5ccc6c7ccccc7n(-c7ccccc7)c6c5)cc4)cc(-c4ccc(-c5cccc6ccccc56)cc4)c3)cc21. The molecule has 0 aliphatic heterocycles. The molecule has 0 fully saturated rings. The molecule has 0 atom stereocenters. The number of hydrogen-bond donors (Lipinski definition) is 0. The van der Waals surface area contributed by atoms with Crippen molar-refractivity contribution in [2.45, 2.75) is 19.3 Å². The largest absolute Gasteiger partial charge is 0.310 e. The van der Waals surface area contributed by atoms with Crippen LogP contribution in [0.4, 0.5) is 17.1 Å². The lowest BCUT2D eigenvalue weighted by Crippen LogP contribution is -2.16. The molecule has 1 aliphatic rings. The van der Waals surface area contributed by atoms with E-state index in [0.717, 1.165) is 45.0 Å². The summed E-state index contributed by atoms with van der Waals surface area (Å²) in [5.41, 5.74) is 23.8. The normalized spacial score (nSPS) is 12.5. The molecular weight excluding hydrogens is 905 g/mol. The van der Waals surface area contributed by atoms with Gasteiger partial charge in [-0.05, 0) is 155 Å². The van der Waals surface area contributed by atoms with Crippen LogP contribution in [0.1, 0.15) is 25.0 Å². The minimum Gasteiger partial charge on any atom is -0.310 e. The number of benzene rings is 12. The topological polar surface area (TPSA) is 8.17 Å². The zero-order chi connectivity index (χ0) is 50.0. The Hall–Kier alpha value is -9.50. The summed E-state index contributed by atoms with van der Waals surface area (Å²) in [6.45, 7) is 4.73. The predicted molar refractivity (Wildman–Crippen MR) is 318 cm³/mol. The molecule has 0 N–H and O–H groups in total. The maximum absolute atomic E-state index is 2.46. The number of fused-ring (bicyclic) bond motifs is 7. The third-order valence-corrected chi connectivity index (χ3v) is 15.8. The molecule has 14 rings (SSSR count). The maximum Gasteiger partial charge on any atom is 0.0547 e.